The number of carbonyl (C=O) groups is 1. The molecule has 1 fully saturated rings. The number of rotatable bonds is 2. The van der Waals surface area contributed by atoms with E-state index < -0.39 is 0 Å². The van der Waals surface area contributed by atoms with Crippen LogP contribution in [0.15, 0.2) is 11.1 Å². The number of nitrogens with one attached hydrogen (secondary N) is 1. The fourth-order valence-electron chi connectivity index (χ4n) is 2.23. The van der Waals surface area contributed by atoms with Crippen molar-refractivity contribution < 1.29 is 9.53 Å². The molecule has 0 atom stereocenters. The Morgan fingerprint density at radius 2 is 2.16 bits per heavy atom. The van der Waals surface area contributed by atoms with Crippen LogP contribution in [-0.2, 0) is 4.79 Å². The predicted octanol–water partition coefficient (Wildman–Crippen LogP) is -0.163. The fraction of sp³-hybridized carbons (Fsp3) is 0.583. The number of nitrogens with zero attached hydrogens (tertiary/aromatic N) is 3. The lowest BCUT2D eigenvalue weighted by Crippen LogP contribution is -2.34. The number of amides is 1. The van der Waals surface area contributed by atoms with E-state index in [4.69, 9.17) is 4.74 Å². The average molecular weight is 266 g/mol. The zero-order chi connectivity index (χ0) is 13.8. The molecule has 0 saturated carbocycles. The number of aromatic nitrogens is 2. The van der Waals surface area contributed by atoms with Crippen LogP contribution in [0.2, 0.25) is 0 Å². The smallest absolute Gasteiger partial charge is 0.295 e. The lowest BCUT2D eigenvalue weighted by Gasteiger charge is -2.23. The van der Waals surface area contributed by atoms with Crippen molar-refractivity contribution in [2.75, 3.05) is 38.2 Å². The molecule has 1 aliphatic rings. The first-order chi connectivity index (χ1) is 9.13. The summed E-state index contributed by atoms with van der Waals surface area (Å²) >= 11 is 0. The van der Waals surface area contributed by atoms with Crippen LogP contribution in [0.5, 0.6) is 5.75 Å². The Kier molecular flexibility index (Phi) is 4.03. The number of H-pyrrole nitrogens is 1. The maximum atomic E-state index is 11.7. The molecule has 1 saturated heterocycles. The van der Waals surface area contributed by atoms with Gasteiger partial charge in [0.1, 0.15) is 0 Å². The van der Waals surface area contributed by atoms with Gasteiger partial charge in [0, 0.05) is 33.1 Å². The van der Waals surface area contributed by atoms with Gasteiger partial charge in [0.25, 0.3) is 5.56 Å². The molecule has 0 aliphatic carbocycles. The summed E-state index contributed by atoms with van der Waals surface area (Å²) < 4.78 is 5.12. The first-order valence-electron chi connectivity index (χ1n) is 6.25. The summed E-state index contributed by atoms with van der Waals surface area (Å²) in [5.41, 5.74) is -0.292. The Hall–Kier alpha value is -2.05. The minimum atomic E-state index is -0.292. The molecule has 0 bridgehead atoms. The normalized spacial score (nSPS) is 16.1. The quantitative estimate of drug-likeness (QED) is 0.804. The Morgan fingerprint density at radius 3 is 2.84 bits per heavy atom. The number of hydrogen-bond acceptors (Lipinski definition) is 5. The molecule has 7 nitrogen and oxygen atoms in total. The number of ether oxygens (including phenoxy) is 1. The SMILES string of the molecule is COc1c(N2CCCN(C(C)=O)CC2)nc[nH]c1=O. The van der Waals surface area contributed by atoms with Gasteiger partial charge in [0.2, 0.25) is 11.7 Å². The van der Waals surface area contributed by atoms with E-state index in [1.54, 1.807) is 11.8 Å². The standard InChI is InChI=1S/C12H18N4O3/c1-9(17)15-4-3-5-16(7-6-15)11-10(19-2)12(18)14-8-13-11/h8H,3-7H2,1-2H3,(H,13,14,18). The van der Waals surface area contributed by atoms with Gasteiger partial charge in [-0.25, -0.2) is 4.98 Å². The van der Waals surface area contributed by atoms with Gasteiger partial charge < -0.3 is 19.5 Å². The van der Waals surface area contributed by atoms with Crippen LogP contribution in [0.25, 0.3) is 0 Å². The molecule has 0 radical (unpaired) electrons. The third-order valence-corrected chi connectivity index (χ3v) is 3.24. The molecular weight excluding hydrogens is 248 g/mol. The summed E-state index contributed by atoms with van der Waals surface area (Å²) in [6.45, 7) is 4.33. The third-order valence-electron chi connectivity index (χ3n) is 3.24. The fourth-order valence-corrected chi connectivity index (χ4v) is 2.23. The van der Waals surface area contributed by atoms with Crippen molar-refractivity contribution in [2.24, 2.45) is 0 Å². The van der Waals surface area contributed by atoms with Crippen LogP contribution >= 0.6 is 0 Å². The first kappa shape index (κ1) is 13.4. The van der Waals surface area contributed by atoms with Crippen molar-refractivity contribution >= 4 is 11.7 Å². The van der Waals surface area contributed by atoms with Gasteiger partial charge >= 0.3 is 0 Å². The van der Waals surface area contributed by atoms with Crippen LogP contribution in [0, 0.1) is 0 Å². The molecular formula is C12H18N4O3. The molecule has 2 rings (SSSR count). The van der Waals surface area contributed by atoms with Crippen molar-refractivity contribution in [3.63, 3.8) is 0 Å². The lowest BCUT2D eigenvalue weighted by atomic mass is 10.3. The average Bonchev–Trinajstić information content (AvgIpc) is 2.64. The van der Waals surface area contributed by atoms with Crippen molar-refractivity contribution in [1.29, 1.82) is 0 Å². The van der Waals surface area contributed by atoms with E-state index in [1.807, 2.05) is 4.90 Å². The molecule has 0 unspecified atom stereocenters. The Labute approximate surface area is 111 Å². The Morgan fingerprint density at radius 1 is 1.37 bits per heavy atom. The van der Waals surface area contributed by atoms with Gasteiger partial charge in [0.05, 0.1) is 13.4 Å². The molecule has 1 aromatic rings. The predicted molar refractivity (Wildman–Crippen MR) is 70.5 cm³/mol. The summed E-state index contributed by atoms with van der Waals surface area (Å²) in [5.74, 6) is 0.836. The van der Waals surface area contributed by atoms with Gasteiger partial charge in [-0.05, 0) is 6.42 Å². The molecule has 19 heavy (non-hydrogen) atoms. The minimum absolute atomic E-state index is 0.0766. The van der Waals surface area contributed by atoms with E-state index in [0.29, 0.717) is 18.9 Å². The zero-order valence-corrected chi connectivity index (χ0v) is 11.2. The molecule has 0 aromatic carbocycles. The van der Waals surface area contributed by atoms with Crippen molar-refractivity contribution in [2.45, 2.75) is 13.3 Å². The molecule has 1 aromatic heterocycles. The van der Waals surface area contributed by atoms with Gasteiger partial charge in [-0.3, -0.25) is 9.59 Å². The largest absolute Gasteiger partial charge is 0.489 e. The highest BCUT2D eigenvalue weighted by molar-refractivity contribution is 5.73. The summed E-state index contributed by atoms with van der Waals surface area (Å²) in [6.07, 6.45) is 2.21. The number of hydrogen-bond donors (Lipinski definition) is 1. The maximum Gasteiger partial charge on any atom is 0.295 e. The lowest BCUT2D eigenvalue weighted by molar-refractivity contribution is -0.128. The van der Waals surface area contributed by atoms with Gasteiger partial charge in [-0.15, -0.1) is 0 Å². The van der Waals surface area contributed by atoms with Gasteiger partial charge in [-0.1, -0.05) is 0 Å². The van der Waals surface area contributed by atoms with Crippen molar-refractivity contribution in [1.82, 2.24) is 14.9 Å². The van der Waals surface area contributed by atoms with Crippen LogP contribution in [0.4, 0.5) is 5.82 Å². The summed E-state index contributed by atoms with van der Waals surface area (Å²) in [6, 6.07) is 0. The second-order valence-electron chi connectivity index (χ2n) is 4.44. The maximum absolute atomic E-state index is 11.7. The van der Waals surface area contributed by atoms with E-state index in [-0.39, 0.29) is 17.2 Å². The van der Waals surface area contributed by atoms with Crippen molar-refractivity contribution in [3.8, 4) is 5.75 Å². The van der Waals surface area contributed by atoms with Crippen LogP contribution in [0.1, 0.15) is 13.3 Å². The highest BCUT2D eigenvalue weighted by atomic mass is 16.5. The molecule has 1 aliphatic heterocycles. The van der Waals surface area contributed by atoms with E-state index in [2.05, 4.69) is 9.97 Å². The molecule has 7 heteroatoms. The van der Waals surface area contributed by atoms with Gasteiger partial charge in [-0.2, -0.15) is 0 Å². The van der Waals surface area contributed by atoms with Crippen molar-refractivity contribution in [3.05, 3.63) is 16.7 Å². The summed E-state index contributed by atoms with van der Waals surface area (Å²) in [5, 5.41) is 0. The monoisotopic (exact) mass is 266 g/mol. The number of carbonyl (C=O) groups excluding carboxylic acids is 1. The Balaban J connectivity index is 2.21. The second-order valence-corrected chi connectivity index (χ2v) is 4.44. The first-order valence-corrected chi connectivity index (χ1v) is 6.25. The highest BCUT2D eigenvalue weighted by Gasteiger charge is 2.21. The van der Waals surface area contributed by atoms with E-state index in [0.717, 1.165) is 19.5 Å². The number of aromatic amines is 1. The molecule has 0 spiro atoms. The molecule has 1 N–H and O–H groups in total. The molecule has 2 heterocycles. The summed E-state index contributed by atoms with van der Waals surface area (Å²) in [7, 11) is 1.45. The van der Waals surface area contributed by atoms with Gasteiger partial charge in [0.15, 0.2) is 5.82 Å². The third kappa shape index (κ3) is 2.86. The van der Waals surface area contributed by atoms with E-state index in [1.165, 1.54) is 13.4 Å². The van der Waals surface area contributed by atoms with Crippen LogP contribution in [-0.4, -0.2) is 54.1 Å². The zero-order valence-electron chi connectivity index (χ0n) is 11.2. The molecule has 104 valence electrons. The number of anilines is 1. The highest BCUT2D eigenvalue weighted by Crippen LogP contribution is 2.21. The number of methoxy groups -OCH3 is 1. The van der Waals surface area contributed by atoms with Crippen LogP contribution in [0.3, 0.4) is 0 Å². The van der Waals surface area contributed by atoms with Crippen LogP contribution < -0.4 is 15.2 Å². The summed E-state index contributed by atoms with van der Waals surface area (Å²) in [4.78, 5) is 33.5. The minimum Gasteiger partial charge on any atom is -0.489 e. The second kappa shape index (κ2) is 5.73. The van der Waals surface area contributed by atoms with E-state index in [9.17, 15) is 9.59 Å². The van der Waals surface area contributed by atoms with E-state index >= 15 is 0 Å². The molecule has 1 amide bonds. The topological polar surface area (TPSA) is 78.5 Å². The Bertz CT molecular complexity index is 514.